The van der Waals surface area contributed by atoms with E-state index in [0.717, 1.165) is 12.8 Å². The molecule has 90 valence electrons. The van der Waals surface area contributed by atoms with E-state index in [0.29, 0.717) is 22.5 Å². The van der Waals surface area contributed by atoms with Gasteiger partial charge in [0.15, 0.2) is 0 Å². The molecule has 0 radical (unpaired) electrons. The summed E-state index contributed by atoms with van der Waals surface area (Å²) >= 11 is 3.50. The highest BCUT2D eigenvalue weighted by Gasteiger charge is 2.08. The third-order valence-electron chi connectivity index (χ3n) is 2.34. The number of hydrogen-bond acceptors (Lipinski definition) is 2. The molecule has 0 fully saturated rings. The molecule has 0 spiro atoms. The SMILES string of the molecule is CCCC(Br)CNC(=O)c1cccc(C#N)c1. The number of benzene rings is 1. The van der Waals surface area contributed by atoms with Gasteiger partial charge in [0.05, 0.1) is 11.6 Å². The summed E-state index contributed by atoms with van der Waals surface area (Å²) in [7, 11) is 0. The van der Waals surface area contributed by atoms with E-state index in [2.05, 4.69) is 28.2 Å². The van der Waals surface area contributed by atoms with Crippen LogP contribution in [0.4, 0.5) is 0 Å². The highest BCUT2D eigenvalue weighted by atomic mass is 79.9. The second-order valence-electron chi connectivity index (χ2n) is 3.79. The first-order valence-electron chi connectivity index (χ1n) is 5.59. The van der Waals surface area contributed by atoms with Gasteiger partial charge in [0.25, 0.3) is 5.91 Å². The molecule has 0 aliphatic rings. The minimum Gasteiger partial charge on any atom is -0.351 e. The van der Waals surface area contributed by atoms with Crippen molar-refractivity contribution in [3.05, 3.63) is 35.4 Å². The van der Waals surface area contributed by atoms with Crippen molar-refractivity contribution >= 4 is 21.8 Å². The molecule has 0 aliphatic carbocycles. The highest BCUT2D eigenvalue weighted by Crippen LogP contribution is 2.07. The third-order valence-corrected chi connectivity index (χ3v) is 3.12. The molecule has 0 saturated heterocycles. The highest BCUT2D eigenvalue weighted by molar-refractivity contribution is 9.09. The summed E-state index contributed by atoms with van der Waals surface area (Å²) in [5.41, 5.74) is 1.03. The Balaban J connectivity index is 2.55. The summed E-state index contributed by atoms with van der Waals surface area (Å²) in [6.07, 6.45) is 2.11. The number of alkyl halides is 1. The fourth-order valence-corrected chi connectivity index (χ4v) is 2.07. The Bertz CT molecular complexity index is 426. The van der Waals surface area contributed by atoms with Crippen molar-refractivity contribution < 1.29 is 4.79 Å². The molecule has 1 atom stereocenters. The molecule has 1 aromatic carbocycles. The Labute approximate surface area is 110 Å². The number of rotatable bonds is 5. The van der Waals surface area contributed by atoms with E-state index in [9.17, 15) is 4.79 Å². The first-order chi connectivity index (χ1) is 8.17. The summed E-state index contributed by atoms with van der Waals surface area (Å²) in [6.45, 7) is 2.70. The van der Waals surface area contributed by atoms with Gasteiger partial charge in [-0.05, 0) is 24.6 Å². The zero-order valence-electron chi connectivity index (χ0n) is 9.74. The van der Waals surface area contributed by atoms with Crippen LogP contribution in [-0.4, -0.2) is 17.3 Å². The maximum Gasteiger partial charge on any atom is 0.251 e. The van der Waals surface area contributed by atoms with Gasteiger partial charge < -0.3 is 5.32 Å². The predicted molar refractivity (Wildman–Crippen MR) is 71.1 cm³/mol. The van der Waals surface area contributed by atoms with Gasteiger partial charge in [0.2, 0.25) is 0 Å². The molecule has 0 aromatic heterocycles. The first-order valence-corrected chi connectivity index (χ1v) is 6.51. The quantitative estimate of drug-likeness (QED) is 0.849. The number of nitrogens with zero attached hydrogens (tertiary/aromatic N) is 1. The average molecular weight is 295 g/mol. The number of carbonyl (C=O) groups is 1. The molecular weight excluding hydrogens is 280 g/mol. The maximum absolute atomic E-state index is 11.8. The van der Waals surface area contributed by atoms with Gasteiger partial charge in [-0.2, -0.15) is 5.26 Å². The zero-order valence-corrected chi connectivity index (χ0v) is 11.3. The molecule has 1 amide bonds. The average Bonchev–Trinajstić information content (AvgIpc) is 2.36. The summed E-state index contributed by atoms with van der Waals surface area (Å²) in [4.78, 5) is 12.1. The van der Waals surface area contributed by atoms with Crippen molar-refractivity contribution in [1.29, 1.82) is 5.26 Å². The fourth-order valence-electron chi connectivity index (χ4n) is 1.45. The normalized spacial score (nSPS) is 11.6. The molecule has 0 saturated carbocycles. The first kappa shape index (κ1) is 13.7. The van der Waals surface area contributed by atoms with Gasteiger partial charge in [-0.25, -0.2) is 0 Å². The van der Waals surface area contributed by atoms with Crippen molar-refractivity contribution in [2.75, 3.05) is 6.54 Å². The van der Waals surface area contributed by atoms with Crippen LogP contribution in [0.25, 0.3) is 0 Å². The van der Waals surface area contributed by atoms with Gasteiger partial charge in [-0.1, -0.05) is 35.3 Å². The molecular formula is C13H15BrN2O. The zero-order chi connectivity index (χ0) is 12.7. The van der Waals surface area contributed by atoms with E-state index in [1.807, 2.05) is 6.07 Å². The number of hydrogen-bond donors (Lipinski definition) is 1. The number of nitriles is 1. The molecule has 3 nitrogen and oxygen atoms in total. The smallest absolute Gasteiger partial charge is 0.251 e. The number of halogens is 1. The number of amides is 1. The van der Waals surface area contributed by atoms with E-state index in [1.54, 1.807) is 24.3 Å². The molecule has 4 heteroatoms. The Hall–Kier alpha value is -1.34. The summed E-state index contributed by atoms with van der Waals surface area (Å²) in [5, 5.41) is 11.6. The summed E-state index contributed by atoms with van der Waals surface area (Å²) in [5.74, 6) is -0.136. The van der Waals surface area contributed by atoms with Crippen LogP contribution in [-0.2, 0) is 0 Å². The lowest BCUT2D eigenvalue weighted by Crippen LogP contribution is -2.29. The van der Waals surface area contributed by atoms with Crippen molar-refractivity contribution in [3.63, 3.8) is 0 Å². The lowest BCUT2D eigenvalue weighted by Gasteiger charge is -2.10. The maximum atomic E-state index is 11.8. The lowest BCUT2D eigenvalue weighted by molar-refractivity contribution is 0.0953. The minimum absolute atomic E-state index is 0.136. The Morgan fingerprint density at radius 2 is 2.35 bits per heavy atom. The van der Waals surface area contributed by atoms with Crippen LogP contribution in [0.5, 0.6) is 0 Å². The molecule has 0 heterocycles. The molecule has 1 aromatic rings. The van der Waals surface area contributed by atoms with E-state index in [-0.39, 0.29) is 5.91 Å². The molecule has 1 N–H and O–H groups in total. The Morgan fingerprint density at radius 3 is 3.00 bits per heavy atom. The monoisotopic (exact) mass is 294 g/mol. The second kappa shape index (κ2) is 7.08. The number of nitrogens with one attached hydrogen (secondary N) is 1. The third kappa shape index (κ3) is 4.58. The van der Waals surface area contributed by atoms with Crippen LogP contribution in [0, 0.1) is 11.3 Å². The molecule has 0 bridgehead atoms. The predicted octanol–water partition coefficient (Wildman–Crippen LogP) is 2.85. The van der Waals surface area contributed by atoms with Crippen LogP contribution in [0.2, 0.25) is 0 Å². The van der Waals surface area contributed by atoms with Crippen LogP contribution in [0.15, 0.2) is 24.3 Å². The van der Waals surface area contributed by atoms with Gasteiger partial charge in [-0.15, -0.1) is 0 Å². The lowest BCUT2D eigenvalue weighted by atomic mass is 10.1. The van der Waals surface area contributed by atoms with Crippen molar-refractivity contribution in [2.24, 2.45) is 0 Å². The molecule has 0 aliphatic heterocycles. The van der Waals surface area contributed by atoms with E-state index >= 15 is 0 Å². The van der Waals surface area contributed by atoms with Gasteiger partial charge in [0, 0.05) is 16.9 Å². The topological polar surface area (TPSA) is 52.9 Å². The van der Waals surface area contributed by atoms with Crippen LogP contribution >= 0.6 is 15.9 Å². The van der Waals surface area contributed by atoms with Crippen molar-refractivity contribution in [3.8, 4) is 6.07 Å². The Kier molecular flexibility index (Phi) is 5.71. The van der Waals surface area contributed by atoms with Gasteiger partial charge in [0.1, 0.15) is 0 Å². The van der Waals surface area contributed by atoms with Crippen LogP contribution in [0.3, 0.4) is 0 Å². The molecule has 17 heavy (non-hydrogen) atoms. The molecule has 1 unspecified atom stereocenters. The van der Waals surface area contributed by atoms with Crippen LogP contribution in [0.1, 0.15) is 35.7 Å². The standard InChI is InChI=1S/C13H15BrN2O/c1-2-4-12(14)9-16-13(17)11-6-3-5-10(7-11)8-15/h3,5-7,12H,2,4,9H2,1H3,(H,16,17). The van der Waals surface area contributed by atoms with Crippen molar-refractivity contribution in [2.45, 2.75) is 24.6 Å². The van der Waals surface area contributed by atoms with Gasteiger partial charge >= 0.3 is 0 Å². The second-order valence-corrected chi connectivity index (χ2v) is 5.08. The van der Waals surface area contributed by atoms with Crippen molar-refractivity contribution in [1.82, 2.24) is 5.32 Å². The summed E-state index contributed by atoms with van der Waals surface area (Å²) < 4.78 is 0. The minimum atomic E-state index is -0.136. The largest absolute Gasteiger partial charge is 0.351 e. The summed E-state index contributed by atoms with van der Waals surface area (Å²) in [6, 6.07) is 8.72. The Morgan fingerprint density at radius 1 is 1.59 bits per heavy atom. The van der Waals surface area contributed by atoms with E-state index in [4.69, 9.17) is 5.26 Å². The van der Waals surface area contributed by atoms with E-state index < -0.39 is 0 Å². The fraction of sp³-hybridized carbons (Fsp3) is 0.385. The van der Waals surface area contributed by atoms with E-state index in [1.165, 1.54) is 0 Å². The van der Waals surface area contributed by atoms with Crippen LogP contribution < -0.4 is 5.32 Å². The molecule has 1 rings (SSSR count). The number of carbonyl (C=O) groups excluding carboxylic acids is 1. The van der Waals surface area contributed by atoms with Gasteiger partial charge in [-0.3, -0.25) is 4.79 Å².